The van der Waals surface area contributed by atoms with Crippen LogP contribution < -0.4 is 5.73 Å². The average molecular weight is 268 g/mol. The van der Waals surface area contributed by atoms with Gasteiger partial charge in [-0.25, -0.2) is 0 Å². The molecule has 0 aliphatic carbocycles. The summed E-state index contributed by atoms with van der Waals surface area (Å²) < 4.78 is 1.87. The van der Waals surface area contributed by atoms with E-state index in [1.165, 1.54) is 17.1 Å². The minimum atomic E-state index is 0.180. The molecule has 1 aromatic rings. The van der Waals surface area contributed by atoms with Crippen molar-refractivity contribution < 1.29 is 0 Å². The molecule has 5 heteroatoms. The lowest BCUT2D eigenvalue weighted by Crippen LogP contribution is -2.48. The van der Waals surface area contributed by atoms with E-state index in [-0.39, 0.29) is 6.04 Å². The Bertz CT molecular complexity index is 379. The summed E-state index contributed by atoms with van der Waals surface area (Å²) in [5.41, 5.74) is 7.62. The quantitative estimate of drug-likeness (QED) is 0.902. The van der Waals surface area contributed by atoms with Gasteiger partial charge in [-0.15, -0.1) is 0 Å². The van der Waals surface area contributed by atoms with Gasteiger partial charge in [-0.2, -0.15) is 16.9 Å². The lowest BCUT2D eigenvalue weighted by atomic mass is 9.97. The molecule has 0 amide bonds. The van der Waals surface area contributed by atoms with E-state index in [4.69, 9.17) is 5.73 Å². The van der Waals surface area contributed by atoms with Gasteiger partial charge in [-0.3, -0.25) is 9.58 Å². The van der Waals surface area contributed by atoms with E-state index in [9.17, 15) is 0 Å². The number of thioether (sulfide) groups is 1. The minimum absolute atomic E-state index is 0.180. The fraction of sp³-hybridized carbons (Fsp3) is 0.769. The normalized spacial score (nSPS) is 25.0. The number of hydrogen-bond donors (Lipinski definition) is 1. The molecule has 102 valence electrons. The SMILES string of the molecule is CCC(N)C(c1cnn(C)c1)N1CCSCC1C. The summed E-state index contributed by atoms with van der Waals surface area (Å²) in [7, 11) is 1.97. The third-order valence-electron chi connectivity index (χ3n) is 3.72. The number of aromatic nitrogens is 2. The summed E-state index contributed by atoms with van der Waals surface area (Å²) in [6.45, 7) is 5.59. The second-order valence-electron chi connectivity index (χ2n) is 5.13. The second-order valence-corrected chi connectivity index (χ2v) is 6.28. The van der Waals surface area contributed by atoms with Crippen LogP contribution in [-0.2, 0) is 7.05 Å². The number of nitrogens with two attached hydrogens (primary N) is 1. The maximum absolute atomic E-state index is 6.37. The van der Waals surface area contributed by atoms with Crippen LogP contribution in [0.1, 0.15) is 31.9 Å². The summed E-state index contributed by atoms with van der Waals surface area (Å²) in [6, 6.07) is 1.07. The van der Waals surface area contributed by atoms with E-state index < -0.39 is 0 Å². The van der Waals surface area contributed by atoms with Crippen molar-refractivity contribution in [1.29, 1.82) is 0 Å². The summed E-state index contributed by atoms with van der Waals surface area (Å²) in [5, 5.41) is 4.30. The zero-order valence-corrected chi connectivity index (χ0v) is 12.4. The summed E-state index contributed by atoms with van der Waals surface area (Å²) in [4.78, 5) is 2.56. The van der Waals surface area contributed by atoms with Gasteiger partial charge >= 0.3 is 0 Å². The number of aryl methyl sites for hydroxylation is 1. The van der Waals surface area contributed by atoms with Crippen LogP contribution >= 0.6 is 11.8 Å². The van der Waals surface area contributed by atoms with Crippen molar-refractivity contribution in [2.24, 2.45) is 12.8 Å². The summed E-state index contributed by atoms with van der Waals surface area (Å²) in [6.07, 6.45) is 5.07. The Morgan fingerprint density at radius 2 is 2.39 bits per heavy atom. The molecule has 1 fully saturated rings. The number of hydrogen-bond acceptors (Lipinski definition) is 4. The van der Waals surface area contributed by atoms with Crippen LogP contribution in [-0.4, -0.2) is 44.8 Å². The van der Waals surface area contributed by atoms with Crippen LogP contribution in [0, 0.1) is 0 Å². The van der Waals surface area contributed by atoms with Crippen molar-refractivity contribution in [3.63, 3.8) is 0 Å². The largest absolute Gasteiger partial charge is 0.326 e. The molecule has 4 nitrogen and oxygen atoms in total. The number of rotatable bonds is 4. The van der Waals surface area contributed by atoms with Gasteiger partial charge in [0.05, 0.1) is 12.2 Å². The molecule has 1 aliphatic rings. The minimum Gasteiger partial charge on any atom is -0.326 e. The fourth-order valence-corrected chi connectivity index (χ4v) is 3.69. The van der Waals surface area contributed by atoms with Crippen molar-refractivity contribution in [2.75, 3.05) is 18.1 Å². The van der Waals surface area contributed by atoms with E-state index in [1.807, 2.05) is 29.7 Å². The lowest BCUT2D eigenvalue weighted by Gasteiger charge is -2.41. The fourth-order valence-electron chi connectivity index (χ4n) is 2.65. The molecule has 3 unspecified atom stereocenters. The smallest absolute Gasteiger partial charge is 0.0538 e. The first-order valence-electron chi connectivity index (χ1n) is 6.71. The third-order valence-corrected chi connectivity index (χ3v) is 4.91. The van der Waals surface area contributed by atoms with E-state index >= 15 is 0 Å². The molecule has 1 saturated heterocycles. The van der Waals surface area contributed by atoms with Gasteiger partial charge in [0, 0.05) is 48.9 Å². The highest BCUT2D eigenvalue weighted by molar-refractivity contribution is 7.99. The topological polar surface area (TPSA) is 47.1 Å². The molecular formula is C13H24N4S. The van der Waals surface area contributed by atoms with Crippen LogP contribution in [0.5, 0.6) is 0 Å². The van der Waals surface area contributed by atoms with E-state index in [0.29, 0.717) is 12.1 Å². The van der Waals surface area contributed by atoms with E-state index in [1.54, 1.807) is 0 Å². The van der Waals surface area contributed by atoms with E-state index in [2.05, 4.69) is 30.0 Å². The van der Waals surface area contributed by atoms with Crippen molar-refractivity contribution in [2.45, 2.75) is 38.4 Å². The average Bonchev–Trinajstić information content (AvgIpc) is 2.78. The molecule has 3 atom stereocenters. The molecule has 2 heterocycles. The van der Waals surface area contributed by atoms with Crippen molar-refractivity contribution in [1.82, 2.24) is 14.7 Å². The molecule has 0 aromatic carbocycles. The summed E-state index contributed by atoms with van der Waals surface area (Å²) in [5.74, 6) is 2.41. The predicted molar refractivity (Wildman–Crippen MR) is 77.7 cm³/mol. The van der Waals surface area contributed by atoms with Crippen LogP contribution in [0.25, 0.3) is 0 Å². The zero-order chi connectivity index (χ0) is 13.1. The molecule has 0 saturated carbocycles. The predicted octanol–water partition coefficient (Wildman–Crippen LogP) is 1.64. The molecule has 0 bridgehead atoms. The molecule has 2 rings (SSSR count). The van der Waals surface area contributed by atoms with Gasteiger partial charge in [0.1, 0.15) is 0 Å². The molecule has 2 N–H and O–H groups in total. The highest BCUT2D eigenvalue weighted by Crippen LogP contribution is 2.30. The standard InChI is InChI=1S/C13H24N4S/c1-4-12(14)13(11-7-15-16(3)8-11)17-5-6-18-9-10(17)2/h7-8,10,12-13H,4-6,9,14H2,1-3H3. The lowest BCUT2D eigenvalue weighted by molar-refractivity contribution is 0.137. The zero-order valence-electron chi connectivity index (χ0n) is 11.5. The first kappa shape index (κ1) is 13.9. The first-order valence-corrected chi connectivity index (χ1v) is 7.86. The monoisotopic (exact) mass is 268 g/mol. The van der Waals surface area contributed by atoms with Crippen molar-refractivity contribution in [3.8, 4) is 0 Å². The number of nitrogens with zero attached hydrogens (tertiary/aromatic N) is 3. The molecule has 1 aliphatic heterocycles. The van der Waals surface area contributed by atoms with Gasteiger partial charge in [0.25, 0.3) is 0 Å². The maximum Gasteiger partial charge on any atom is 0.0538 e. The first-order chi connectivity index (χ1) is 8.63. The van der Waals surface area contributed by atoms with Crippen LogP contribution in [0.4, 0.5) is 0 Å². The highest BCUT2D eigenvalue weighted by atomic mass is 32.2. The van der Waals surface area contributed by atoms with Gasteiger partial charge in [-0.1, -0.05) is 6.92 Å². The Balaban J connectivity index is 2.24. The Labute approximate surface area is 114 Å². The van der Waals surface area contributed by atoms with Gasteiger partial charge in [-0.05, 0) is 13.3 Å². The highest BCUT2D eigenvalue weighted by Gasteiger charge is 2.31. The third kappa shape index (κ3) is 2.90. The van der Waals surface area contributed by atoms with Crippen LogP contribution in [0.2, 0.25) is 0 Å². The van der Waals surface area contributed by atoms with Crippen LogP contribution in [0.15, 0.2) is 12.4 Å². The Morgan fingerprint density at radius 1 is 1.61 bits per heavy atom. The molecule has 18 heavy (non-hydrogen) atoms. The summed E-state index contributed by atoms with van der Waals surface area (Å²) >= 11 is 2.04. The van der Waals surface area contributed by atoms with Gasteiger partial charge in [0.15, 0.2) is 0 Å². The van der Waals surface area contributed by atoms with E-state index in [0.717, 1.165) is 13.0 Å². The van der Waals surface area contributed by atoms with Crippen LogP contribution in [0.3, 0.4) is 0 Å². The molecule has 1 aromatic heterocycles. The van der Waals surface area contributed by atoms with Crippen molar-refractivity contribution in [3.05, 3.63) is 18.0 Å². The molecule has 0 radical (unpaired) electrons. The molecule has 0 spiro atoms. The Morgan fingerprint density at radius 3 is 2.94 bits per heavy atom. The maximum atomic E-state index is 6.37. The second kappa shape index (κ2) is 6.08. The Kier molecular flexibility index (Phi) is 4.70. The van der Waals surface area contributed by atoms with Gasteiger partial charge in [0.2, 0.25) is 0 Å². The van der Waals surface area contributed by atoms with Gasteiger partial charge < -0.3 is 5.73 Å². The van der Waals surface area contributed by atoms with Crippen molar-refractivity contribution >= 4 is 11.8 Å². The molecular weight excluding hydrogens is 244 g/mol. The Hall–Kier alpha value is -0.520.